The van der Waals surface area contributed by atoms with Gasteiger partial charge >= 0.3 is 0 Å². The number of rotatable bonds is 4. The Morgan fingerprint density at radius 2 is 1.59 bits per heavy atom. The van der Waals surface area contributed by atoms with Crippen molar-refractivity contribution in [3.63, 3.8) is 0 Å². The second-order valence-corrected chi connectivity index (χ2v) is 3.55. The van der Waals surface area contributed by atoms with Crippen molar-refractivity contribution in [3.05, 3.63) is 60.2 Å². The van der Waals surface area contributed by atoms with E-state index in [9.17, 15) is 0 Å². The first-order chi connectivity index (χ1) is 7.88. The molecular formula is C14H16ClNO. The van der Waals surface area contributed by atoms with E-state index in [1.54, 1.807) is 0 Å². The summed E-state index contributed by atoms with van der Waals surface area (Å²) in [6.07, 6.45) is 0. The first-order valence-corrected chi connectivity index (χ1v) is 5.33. The summed E-state index contributed by atoms with van der Waals surface area (Å²) in [6.45, 7) is 0.611. The molecule has 0 amide bonds. The number of hydrogen-bond donors (Lipinski definition) is 1. The molecule has 0 atom stereocenters. The lowest BCUT2D eigenvalue weighted by molar-refractivity contribution is 0.306. The zero-order chi connectivity index (χ0) is 11.2. The summed E-state index contributed by atoms with van der Waals surface area (Å²) < 4.78 is 5.66. The Bertz CT molecular complexity index is 428. The number of benzene rings is 2. The van der Waals surface area contributed by atoms with Crippen molar-refractivity contribution >= 4 is 18.1 Å². The third-order valence-corrected chi connectivity index (χ3v) is 2.39. The first kappa shape index (κ1) is 13.4. The Morgan fingerprint density at radius 1 is 0.941 bits per heavy atom. The smallest absolute Gasteiger partial charge is 0.119 e. The second-order valence-electron chi connectivity index (χ2n) is 3.55. The molecule has 17 heavy (non-hydrogen) atoms. The average molecular weight is 250 g/mol. The van der Waals surface area contributed by atoms with Crippen LogP contribution in [0.5, 0.6) is 5.75 Å². The molecule has 0 aliphatic carbocycles. The minimum atomic E-state index is 0. The van der Waals surface area contributed by atoms with Gasteiger partial charge < -0.3 is 10.1 Å². The normalized spacial score (nSPS) is 9.24. The topological polar surface area (TPSA) is 21.3 Å². The quantitative estimate of drug-likeness (QED) is 0.892. The Hall–Kier alpha value is -1.67. The molecular weight excluding hydrogens is 234 g/mol. The van der Waals surface area contributed by atoms with Gasteiger partial charge in [-0.2, -0.15) is 0 Å². The number of nitrogens with one attached hydrogen (secondary N) is 1. The SMILES string of the molecule is CNc1ccc(OCc2ccccc2)cc1.Cl. The standard InChI is InChI=1S/C14H15NO.ClH/c1-15-13-7-9-14(10-8-13)16-11-12-5-3-2-4-6-12;/h2-10,15H,11H2,1H3;1H. The van der Waals surface area contributed by atoms with Crippen LogP contribution in [0.3, 0.4) is 0 Å². The zero-order valence-corrected chi connectivity index (χ0v) is 10.5. The van der Waals surface area contributed by atoms with Gasteiger partial charge in [-0.15, -0.1) is 12.4 Å². The van der Waals surface area contributed by atoms with Crippen LogP contribution in [0.25, 0.3) is 0 Å². The van der Waals surface area contributed by atoms with Gasteiger partial charge in [-0.3, -0.25) is 0 Å². The Balaban J connectivity index is 0.00000144. The maximum absolute atomic E-state index is 5.66. The predicted octanol–water partition coefficient (Wildman–Crippen LogP) is 3.73. The van der Waals surface area contributed by atoms with Crippen molar-refractivity contribution in [2.24, 2.45) is 0 Å². The number of halogens is 1. The van der Waals surface area contributed by atoms with Crippen LogP contribution >= 0.6 is 12.4 Å². The lowest BCUT2D eigenvalue weighted by Gasteiger charge is -2.07. The van der Waals surface area contributed by atoms with Gasteiger partial charge in [-0.05, 0) is 29.8 Å². The fourth-order valence-electron chi connectivity index (χ4n) is 1.46. The first-order valence-electron chi connectivity index (χ1n) is 5.33. The molecule has 0 fully saturated rings. The van der Waals surface area contributed by atoms with Gasteiger partial charge in [0.2, 0.25) is 0 Å². The van der Waals surface area contributed by atoms with Gasteiger partial charge in [0.05, 0.1) is 0 Å². The van der Waals surface area contributed by atoms with E-state index in [-0.39, 0.29) is 12.4 Å². The van der Waals surface area contributed by atoms with E-state index in [0.717, 1.165) is 11.4 Å². The molecule has 3 heteroatoms. The summed E-state index contributed by atoms with van der Waals surface area (Å²) in [4.78, 5) is 0. The Morgan fingerprint density at radius 3 is 2.18 bits per heavy atom. The van der Waals surface area contributed by atoms with Crippen LogP contribution in [0.4, 0.5) is 5.69 Å². The second kappa shape index (κ2) is 6.81. The minimum absolute atomic E-state index is 0. The van der Waals surface area contributed by atoms with E-state index < -0.39 is 0 Å². The monoisotopic (exact) mass is 249 g/mol. The van der Waals surface area contributed by atoms with Gasteiger partial charge in [-0.1, -0.05) is 30.3 Å². The van der Waals surface area contributed by atoms with Crippen molar-refractivity contribution in [3.8, 4) is 5.75 Å². The Kier molecular flexibility index (Phi) is 5.37. The van der Waals surface area contributed by atoms with Crippen LogP contribution in [0.15, 0.2) is 54.6 Å². The third kappa shape index (κ3) is 4.00. The molecule has 0 spiro atoms. The summed E-state index contributed by atoms with van der Waals surface area (Å²) in [6, 6.07) is 18.1. The van der Waals surface area contributed by atoms with E-state index in [1.165, 1.54) is 5.56 Å². The summed E-state index contributed by atoms with van der Waals surface area (Å²) in [5, 5.41) is 3.07. The van der Waals surface area contributed by atoms with Gasteiger partial charge in [0.1, 0.15) is 12.4 Å². The van der Waals surface area contributed by atoms with Crippen LogP contribution in [0.2, 0.25) is 0 Å². The molecule has 2 aromatic rings. The van der Waals surface area contributed by atoms with Crippen molar-refractivity contribution in [2.75, 3.05) is 12.4 Å². The van der Waals surface area contributed by atoms with Crippen LogP contribution in [-0.2, 0) is 6.61 Å². The Labute approximate surface area is 108 Å². The highest BCUT2D eigenvalue weighted by molar-refractivity contribution is 5.85. The molecule has 0 saturated carbocycles. The molecule has 0 unspecified atom stereocenters. The zero-order valence-electron chi connectivity index (χ0n) is 9.72. The van der Waals surface area contributed by atoms with Crippen molar-refractivity contribution in [2.45, 2.75) is 6.61 Å². The van der Waals surface area contributed by atoms with E-state index >= 15 is 0 Å². The highest BCUT2D eigenvalue weighted by atomic mass is 35.5. The lowest BCUT2D eigenvalue weighted by atomic mass is 10.2. The molecule has 2 aromatic carbocycles. The molecule has 0 radical (unpaired) electrons. The summed E-state index contributed by atoms with van der Waals surface area (Å²) in [5.74, 6) is 0.892. The molecule has 90 valence electrons. The third-order valence-electron chi connectivity index (χ3n) is 2.39. The predicted molar refractivity (Wildman–Crippen MR) is 74.0 cm³/mol. The lowest BCUT2D eigenvalue weighted by Crippen LogP contribution is -1.95. The van der Waals surface area contributed by atoms with Crippen molar-refractivity contribution in [1.82, 2.24) is 0 Å². The van der Waals surface area contributed by atoms with E-state index in [2.05, 4.69) is 17.4 Å². The summed E-state index contributed by atoms with van der Waals surface area (Å²) in [5.41, 5.74) is 2.27. The van der Waals surface area contributed by atoms with Crippen LogP contribution in [0, 0.1) is 0 Å². The van der Waals surface area contributed by atoms with E-state index in [4.69, 9.17) is 4.74 Å². The molecule has 1 N–H and O–H groups in total. The van der Waals surface area contributed by atoms with Gasteiger partial charge in [0.15, 0.2) is 0 Å². The molecule has 0 heterocycles. The van der Waals surface area contributed by atoms with Gasteiger partial charge in [0.25, 0.3) is 0 Å². The largest absolute Gasteiger partial charge is 0.489 e. The van der Waals surface area contributed by atoms with Crippen molar-refractivity contribution < 1.29 is 4.74 Å². The molecule has 2 nitrogen and oxygen atoms in total. The van der Waals surface area contributed by atoms with E-state index in [0.29, 0.717) is 6.61 Å². The number of hydrogen-bond acceptors (Lipinski definition) is 2. The number of anilines is 1. The molecule has 0 bridgehead atoms. The molecule has 2 rings (SSSR count). The fourth-order valence-corrected chi connectivity index (χ4v) is 1.46. The average Bonchev–Trinajstić information content (AvgIpc) is 2.38. The summed E-state index contributed by atoms with van der Waals surface area (Å²) in [7, 11) is 1.90. The highest BCUT2D eigenvalue weighted by Gasteiger charge is 1.95. The molecule has 0 saturated heterocycles. The maximum atomic E-state index is 5.66. The van der Waals surface area contributed by atoms with Gasteiger partial charge in [0, 0.05) is 12.7 Å². The van der Waals surface area contributed by atoms with E-state index in [1.807, 2.05) is 49.5 Å². The van der Waals surface area contributed by atoms with Crippen LogP contribution in [0.1, 0.15) is 5.56 Å². The highest BCUT2D eigenvalue weighted by Crippen LogP contribution is 2.16. The molecule has 0 aliphatic rings. The summed E-state index contributed by atoms with van der Waals surface area (Å²) >= 11 is 0. The maximum Gasteiger partial charge on any atom is 0.119 e. The molecule has 0 aliphatic heterocycles. The van der Waals surface area contributed by atoms with Crippen LogP contribution in [-0.4, -0.2) is 7.05 Å². The minimum Gasteiger partial charge on any atom is -0.489 e. The van der Waals surface area contributed by atoms with Crippen molar-refractivity contribution in [1.29, 1.82) is 0 Å². The molecule has 0 aromatic heterocycles. The van der Waals surface area contributed by atoms with Gasteiger partial charge in [-0.25, -0.2) is 0 Å². The fraction of sp³-hybridized carbons (Fsp3) is 0.143. The number of ether oxygens (including phenoxy) is 1. The van der Waals surface area contributed by atoms with Crippen LogP contribution < -0.4 is 10.1 Å².